The highest BCUT2D eigenvalue weighted by atomic mass is 79.9. The van der Waals surface area contributed by atoms with Crippen molar-refractivity contribution in [2.24, 2.45) is 0 Å². The van der Waals surface area contributed by atoms with Gasteiger partial charge in [-0.1, -0.05) is 62.9 Å². The highest BCUT2D eigenvalue weighted by Crippen LogP contribution is 2.30. The maximum absolute atomic E-state index is 12.6. The van der Waals surface area contributed by atoms with E-state index in [0.717, 1.165) is 10.2 Å². The molecule has 0 spiro atoms. The molecule has 0 saturated heterocycles. The Morgan fingerprint density at radius 1 is 1.11 bits per heavy atom. The van der Waals surface area contributed by atoms with Crippen LogP contribution in [0.2, 0.25) is 0 Å². The number of rotatable bonds is 5. The molecule has 2 aromatic rings. The minimum absolute atomic E-state index is 0.175. The number of amides is 1. The first-order valence-electron chi connectivity index (χ1n) is 7.54. The second-order valence-corrected chi connectivity index (χ2v) is 8.95. The molecule has 0 heterocycles. The molecule has 0 bridgehead atoms. The van der Waals surface area contributed by atoms with Crippen molar-refractivity contribution >= 4 is 79.7 Å². The molecular weight excluding hydrogens is 497 g/mol. The average Bonchev–Trinajstić information content (AvgIpc) is 2.62. The number of hydrogen-bond acceptors (Lipinski definition) is 3. The van der Waals surface area contributed by atoms with E-state index in [9.17, 15) is 4.79 Å². The number of para-hydroxylation sites is 1. The number of nitrogens with one attached hydrogen (secondary N) is 3. The van der Waals surface area contributed by atoms with Gasteiger partial charge in [0.05, 0.1) is 12.7 Å². The van der Waals surface area contributed by atoms with Crippen LogP contribution in [0, 0.1) is 0 Å². The van der Waals surface area contributed by atoms with Gasteiger partial charge in [0.1, 0.15) is 11.9 Å². The van der Waals surface area contributed by atoms with Crippen molar-refractivity contribution in [2.45, 2.75) is 9.96 Å². The SMILES string of the molecule is COc1ccccc1C(=O)N[C@H](NC(=S)Nc1ccc(Br)cc1)C(Cl)(Cl)Cl. The lowest BCUT2D eigenvalue weighted by Gasteiger charge is -2.28. The molecule has 10 heteroatoms. The predicted molar refractivity (Wildman–Crippen MR) is 118 cm³/mol. The molecular formula is C17H15BrCl3N3O2S. The predicted octanol–water partition coefficient (Wildman–Crippen LogP) is 4.87. The molecule has 0 aliphatic heterocycles. The average molecular weight is 512 g/mol. The molecule has 0 aliphatic rings. The minimum Gasteiger partial charge on any atom is -0.496 e. The lowest BCUT2D eigenvalue weighted by Crippen LogP contribution is -2.56. The number of benzene rings is 2. The number of alkyl halides is 3. The van der Waals surface area contributed by atoms with Crippen LogP contribution in [0.5, 0.6) is 5.75 Å². The number of thiocarbonyl (C=S) groups is 1. The first-order valence-corrected chi connectivity index (χ1v) is 9.88. The lowest BCUT2D eigenvalue weighted by atomic mass is 10.2. The Labute approximate surface area is 185 Å². The second kappa shape index (κ2) is 9.80. The Balaban J connectivity index is 2.10. The van der Waals surface area contributed by atoms with Crippen LogP contribution >= 0.6 is 63.0 Å². The van der Waals surface area contributed by atoms with Crippen LogP contribution in [0.4, 0.5) is 5.69 Å². The van der Waals surface area contributed by atoms with E-state index in [-0.39, 0.29) is 5.11 Å². The molecule has 5 nitrogen and oxygen atoms in total. The van der Waals surface area contributed by atoms with E-state index in [1.807, 2.05) is 24.3 Å². The molecule has 0 unspecified atom stereocenters. The molecule has 2 rings (SSSR count). The van der Waals surface area contributed by atoms with Crippen molar-refractivity contribution < 1.29 is 9.53 Å². The van der Waals surface area contributed by atoms with Crippen molar-refractivity contribution in [1.82, 2.24) is 10.6 Å². The van der Waals surface area contributed by atoms with E-state index in [0.29, 0.717) is 11.3 Å². The van der Waals surface area contributed by atoms with Gasteiger partial charge in [-0.15, -0.1) is 0 Å². The van der Waals surface area contributed by atoms with Gasteiger partial charge < -0.3 is 20.7 Å². The van der Waals surface area contributed by atoms with Gasteiger partial charge in [-0.05, 0) is 48.6 Å². The van der Waals surface area contributed by atoms with Crippen LogP contribution in [0.3, 0.4) is 0 Å². The normalized spacial score (nSPS) is 12.0. The summed E-state index contributed by atoms with van der Waals surface area (Å²) in [6, 6.07) is 14.0. The standard InChI is InChI=1S/C17H15BrCl3N3O2S/c1-26-13-5-3-2-4-12(13)14(25)23-15(17(19,20)21)24-16(27)22-11-8-6-10(18)7-9-11/h2-9,15H,1H3,(H,23,25)(H2,22,24,27)/t15-/m1/s1. The molecule has 2 aromatic carbocycles. The van der Waals surface area contributed by atoms with Crippen molar-refractivity contribution in [3.8, 4) is 5.75 Å². The third-order valence-corrected chi connectivity index (χ3v) is 4.74. The highest BCUT2D eigenvalue weighted by Gasteiger charge is 2.35. The van der Waals surface area contributed by atoms with Crippen LogP contribution in [-0.4, -0.2) is 28.1 Å². The second-order valence-electron chi connectivity index (χ2n) is 5.25. The Bertz CT molecular complexity index is 816. The van der Waals surface area contributed by atoms with Crippen molar-refractivity contribution in [1.29, 1.82) is 0 Å². The zero-order valence-electron chi connectivity index (χ0n) is 13.9. The monoisotopic (exact) mass is 509 g/mol. The van der Waals surface area contributed by atoms with Gasteiger partial charge >= 0.3 is 0 Å². The van der Waals surface area contributed by atoms with Crippen molar-refractivity contribution in [3.05, 3.63) is 58.6 Å². The Hall–Kier alpha value is -1.25. The Morgan fingerprint density at radius 2 is 1.74 bits per heavy atom. The molecule has 0 aliphatic carbocycles. The maximum Gasteiger partial charge on any atom is 0.256 e. The van der Waals surface area contributed by atoms with Crippen molar-refractivity contribution in [3.63, 3.8) is 0 Å². The number of carbonyl (C=O) groups is 1. The van der Waals surface area contributed by atoms with E-state index >= 15 is 0 Å². The number of carbonyl (C=O) groups excluding carboxylic acids is 1. The molecule has 0 radical (unpaired) electrons. The first-order chi connectivity index (χ1) is 12.7. The van der Waals surface area contributed by atoms with E-state index in [1.54, 1.807) is 24.3 Å². The van der Waals surface area contributed by atoms with Gasteiger partial charge in [-0.3, -0.25) is 4.79 Å². The number of ether oxygens (including phenoxy) is 1. The lowest BCUT2D eigenvalue weighted by molar-refractivity contribution is 0.0931. The summed E-state index contributed by atoms with van der Waals surface area (Å²) >= 11 is 26.6. The van der Waals surface area contributed by atoms with E-state index in [4.69, 9.17) is 51.8 Å². The third-order valence-electron chi connectivity index (χ3n) is 3.33. The Morgan fingerprint density at radius 3 is 2.33 bits per heavy atom. The zero-order valence-corrected chi connectivity index (χ0v) is 18.6. The van der Waals surface area contributed by atoms with Gasteiger partial charge in [0, 0.05) is 10.2 Å². The quantitative estimate of drug-likeness (QED) is 0.304. The van der Waals surface area contributed by atoms with Gasteiger partial charge in [0.25, 0.3) is 5.91 Å². The van der Waals surface area contributed by atoms with Crippen LogP contribution < -0.4 is 20.7 Å². The maximum atomic E-state index is 12.6. The molecule has 3 N–H and O–H groups in total. The van der Waals surface area contributed by atoms with Crippen LogP contribution in [0.25, 0.3) is 0 Å². The van der Waals surface area contributed by atoms with E-state index in [2.05, 4.69) is 31.9 Å². The zero-order chi connectivity index (χ0) is 20.0. The smallest absolute Gasteiger partial charge is 0.256 e. The third kappa shape index (κ3) is 6.69. The molecule has 0 aromatic heterocycles. The Kier molecular flexibility index (Phi) is 8.00. The van der Waals surface area contributed by atoms with Gasteiger partial charge in [0.2, 0.25) is 3.79 Å². The summed E-state index contributed by atoms with van der Waals surface area (Å²) in [5, 5.41) is 8.54. The topological polar surface area (TPSA) is 62.4 Å². The molecule has 0 fully saturated rings. The van der Waals surface area contributed by atoms with Crippen molar-refractivity contribution in [2.75, 3.05) is 12.4 Å². The number of methoxy groups -OCH3 is 1. The van der Waals surface area contributed by atoms with Gasteiger partial charge in [-0.25, -0.2) is 0 Å². The number of hydrogen-bond donors (Lipinski definition) is 3. The molecule has 144 valence electrons. The molecule has 0 saturated carbocycles. The largest absolute Gasteiger partial charge is 0.496 e. The summed E-state index contributed by atoms with van der Waals surface area (Å²) in [7, 11) is 1.47. The van der Waals surface area contributed by atoms with Crippen LogP contribution in [0.15, 0.2) is 53.0 Å². The molecule has 1 atom stereocenters. The molecule has 1 amide bonds. The summed E-state index contributed by atoms with van der Waals surface area (Å²) in [5.41, 5.74) is 1.03. The summed E-state index contributed by atoms with van der Waals surface area (Å²) < 4.78 is 4.25. The van der Waals surface area contributed by atoms with E-state index in [1.165, 1.54) is 7.11 Å². The summed E-state index contributed by atoms with van der Waals surface area (Å²) in [5.74, 6) is -0.0867. The number of halogens is 4. The summed E-state index contributed by atoms with van der Waals surface area (Å²) in [6.07, 6.45) is -1.09. The summed E-state index contributed by atoms with van der Waals surface area (Å²) in [6.45, 7) is 0. The van der Waals surface area contributed by atoms with E-state index < -0.39 is 15.9 Å². The fourth-order valence-corrected chi connectivity index (χ4v) is 2.90. The number of anilines is 1. The van der Waals surface area contributed by atoms with Crippen LogP contribution in [-0.2, 0) is 0 Å². The van der Waals surface area contributed by atoms with Crippen LogP contribution in [0.1, 0.15) is 10.4 Å². The summed E-state index contributed by atoms with van der Waals surface area (Å²) in [4.78, 5) is 12.6. The first kappa shape index (κ1) is 22.0. The fourth-order valence-electron chi connectivity index (χ4n) is 2.07. The molecule has 27 heavy (non-hydrogen) atoms. The van der Waals surface area contributed by atoms with Gasteiger partial charge in [-0.2, -0.15) is 0 Å². The highest BCUT2D eigenvalue weighted by molar-refractivity contribution is 9.10. The fraction of sp³-hybridized carbons (Fsp3) is 0.176. The van der Waals surface area contributed by atoms with Gasteiger partial charge in [0.15, 0.2) is 5.11 Å². The minimum atomic E-state index is -1.86.